The quantitative estimate of drug-likeness (QED) is 0.209. The van der Waals surface area contributed by atoms with E-state index in [2.05, 4.69) is 4.68 Å². The lowest BCUT2D eigenvalue weighted by molar-refractivity contribution is -0.132. The van der Waals surface area contributed by atoms with Crippen LogP contribution >= 0.6 is 11.6 Å². The van der Waals surface area contributed by atoms with Crippen LogP contribution in [0.1, 0.15) is 56.3 Å². The first-order valence-electron chi connectivity index (χ1n) is 13.6. The maximum atomic E-state index is 11.4. The Balaban J connectivity index is 1.39. The third-order valence-electron chi connectivity index (χ3n) is 7.39. The molecule has 0 saturated heterocycles. The number of nitrogens with zero attached hydrogens (tertiary/aromatic N) is 2. The SMILES string of the molecule is COc1ccc(-c2ccc(Cl)cc2)c(COc2ccc(-c3cc(/C=C(\C)C(=O)O)nn3C3CCCCC3)cc2)c1. The molecule has 206 valence electrons. The Morgan fingerprint density at radius 3 is 2.33 bits per heavy atom. The van der Waals surface area contributed by atoms with Crippen LogP contribution in [0, 0.1) is 0 Å². The molecule has 5 rings (SSSR count). The lowest BCUT2D eigenvalue weighted by Gasteiger charge is -2.24. The maximum Gasteiger partial charge on any atom is 0.331 e. The number of halogens is 1. The maximum absolute atomic E-state index is 11.4. The van der Waals surface area contributed by atoms with Crippen LogP contribution in [0.2, 0.25) is 5.02 Å². The van der Waals surface area contributed by atoms with Gasteiger partial charge in [-0.1, -0.05) is 49.1 Å². The number of methoxy groups -OCH3 is 1. The van der Waals surface area contributed by atoms with Crippen LogP contribution in [0.15, 0.2) is 78.4 Å². The van der Waals surface area contributed by atoms with Gasteiger partial charge in [-0.25, -0.2) is 4.79 Å². The average molecular weight is 557 g/mol. The Kier molecular flexibility index (Phi) is 8.56. The lowest BCUT2D eigenvalue weighted by atomic mass is 9.95. The summed E-state index contributed by atoms with van der Waals surface area (Å²) in [6.07, 6.45) is 7.39. The molecule has 0 spiro atoms. The second-order valence-corrected chi connectivity index (χ2v) is 10.6. The number of carbonyl (C=O) groups is 1. The summed E-state index contributed by atoms with van der Waals surface area (Å²) < 4.78 is 13.8. The van der Waals surface area contributed by atoms with Gasteiger partial charge in [0.15, 0.2) is 0 Å². The first-order valence-corrected chi connectivity index (χ1v) is 14.0. The lowest BCUT2D eigenvalue weighted by Crippen LogP contribution is -2.15. The van der Waals surface area contributed by atoms with Gasteiger partial charge >= 0.3 is 5.97 Å². The van der Waals surface area contributed by atoms with Crippen LogP contribution in [0.5, 0.6) is 11.5 Å². The zero-order valence-corrected chi connectivity index (χ0v) is 23.5. The van der Waals surface area contributed by atoms with Crippen molar-refractivity contribution in [3.05, 3.63) is 94.6 Å². The van der Waals surface area contributed by atoms with E-state index < -0.39 is 5.97 Å². The first-order chi connectivity index (χ1) is 19.4. The monoisotopic (exact) mass is 556 g/mol. The molecule has 1 aromatic heterocycles. The topological polar surface area (TPSA) is 73.6 Å². The number of hydrogen-bond donors (Lipinski definition) is 1. The molecule has 0 aliphatic heterocycles. The van der Waals surface area contributed by atoms with E-state index in [0.717, 1.165) is 52.3 Å². The minimum absolute atomic E-state index is 0.263. The summed E-state index contributed by atoms with van der Waals surface area (Å²) in [6, 6.07) is 24.0. The number of rotatable bonds is 9. The highest BCUT2D eigenvalue weighted by atomic mass is 35.5. The molecule has 0 radical (unpaired) electrons. The molecule has 1 N–H and O–H groups in total. The average Bonchev–Trinajstić information content (AvgIpc) is 3.40. The number of aliphatic carboxylic acids is 1. The van der Waals surface area contributed by atoms with Gasteiger partial charge in [0.2, 0.25) is 0 Å². The van der Waals surface area contributed by atoms with E-state index >= 15 is 0 Å². The van der Waals surface area contributed by atoms with Crippen molar-refractivity contribution in [3.63, 3.8) is 0 Å². The van der Waals surface area contributed by atoms with Crippen molar-refractivity contribution < 1.29 is 19.4 Å². The number of benzene rings is 3. The third-order valence-corrected chi connectivity index (χ3v) is 7.64. The van der Waals surface area contributed by atoms with Crippen molar-refractivity contribution >= 4 is 23.6 Å². The molecule has 0 bridgehead atoms. The summed E-state index contributed by atoms with van der Waals surface area (Å²) >= 11 is 6.10. The van der Waals surface area contributed by atoms with Crippen LogP contribution in [0.3, 0.4) is 0 Å². The minimum atomic E-state index is -0.939. The predicted molar refractivity (Wildman–Crippen MR) is 159 cm³/mol. The van der Waals surface area contributed by atoms with Crippen LogP contribution in [-0.2, 0) is 11.4 Å². The van der Waals surface area contributed by atoms with Gasteiger partial charge in [-0.2, -0.15) is 5.10 Å². The molecule has 7 heteroatoms. The van der Waals surface area contributed by atoms with Crippen molar-refractivity contribution in [3.8, 4) is 33.9 Å². The second-order valence-electron chi connectivity index (χ2n) is 10.2. The summed E-state index contributed by atoms with van der Waals surface area (Å²) in [5.41, 5.74) is 6.05. The molecule has 1 fully saturated rings. The van der Waals surface area contributed by atoms with Crippen molar-refractivity contribution in [1.82, 2.24) is 9.78 Å². The molecule has 4 aromatic rings. The second kappa shape index (κ2) is 12.4. The molecule has 0 amide bonds. The molecule has 1 heterocycles. The standard InChI is InChI=1S/C33H33ClN2O4/c1-22(33(37)38)18-27-20-32(36(35-27)28-6-4-3-5-7-28)24-10-14-29(15-11-24)40-21-25-19-30(39-2)16-17-31(25)23-8-12-26(34)13-9-23/h8-20,28H,3-7,21H2,1-2H3,(H,37,38)/b22-18+. The fourth-order valence-electron chi connectivity index (χ4n) is 5.20. The molecular weight excluding hydrogens is 524 g/mol. The van der Waals surface area contributed by atoms with E-state index in [9.17, 15) is 9.90 Å². The number of aromatic nitrogens is 2. The smallest absolute Gasteiger partial charge is 0.331 e. The van der Waals surface area contributed by atoms with Gasteiger partial charge < -0.3 is 14.6 Å². The summed E-state index contributed by atoms with van der Waals surface area (Å²) in [5, 5.41) is 14.9. The Morgan fingerprint density at radius 1 is 0.975 bits per heavy atom. The number of carboxylic acids is 1. The van der Waals surface area contributed by atoms with Crippen molar-refractivity contribution in [2.24, 2.45) is 0 Å². The fourth-order valence-corrected chi connectivity index (χ4v) is 5.32. The molecule has 1 aliphatic rings. The zero-order valence-electron chi connectivity index (χ0n) is 22.8. The third kappa shape index (κ3) is 6.40. The molecule has 1 saturated carbocycles. The largest absolute Gasteiger partial charge is 0.497 e. The highest BCUT2D eigenvalue weighted by Crippen LogP contribution is 2.34. The first kappa shape index (κ1) is 27.5. The van der Waals surface area contributed by atoms with Gasteiger partial charge in [0.1, 0.15) is 18.1 Å². The minimum Gasteiger partial charge on any atom is -0.497 e. The van der Waals surface area contributed by atoms with Gasteiger partial charge in [-0.15, -0.1) is 0 Å². The Hall–Kier alpha value is -4.03. The van der Waals surface area contributed by atoms with E-state index in [0.29, 0.717) is 23.4 Å². The molecule has 6 nitrogen and oxygen atoms in total. The summed E-state index contributed by atoms with van der Waals surface area (Å²) in [6.45, 7) is 1.96. The van der Waals surface area contributed by atoms with Crippen LogP contribution in [0.4, 0.5) is 0 Å². The normalized spacial score (nSPS) is 14.2. The van der Waals surface area contributed by atoms with Gasteiger partial charge in [-0.05, 0) is 91.6 Å². The van der Waals surface area contributed by atoms with E-state index in [-0.39, 0.29) is 5.57 Å². The van der Waals surface area contributed by atoms with Gasteiger partial charge in [0.25, 0.3) is 0 Å². The van der Waals surface area contributed by atoms with Crippen LogP contribution < -0.4 is 9.47 Å². The van der Waals surface area contributed by atoms with Crippen molar-refractivity contribution in [1.29, 1.82) is 0 Å². The van der Waals surface area contributed by atoms with Gasteiger partial charge in [0, 0.05) is 21.7 Å². The van der Waals surface area contributed by atoms with Gasteiger partial charge in [0.05, 0.1) is 24.5 Å². The molecule has 40 heavy (non-hydrogen) atoms. The van der Waals surface area contributed by atoms with Crippen LogP contribution in [0.25, 0.3) is 28.5 Å². The number of ether oxygens (including phenoxy) is 2. The van der Waals surface area contributed by atoms with E-state index in [1.165, 1.54) is 19.3 Å². The zero-order chi connectivity index (χ0) is 28.1. The highest BCUT2D eigenvalue weighted by Gasteiger charge is 2.21. The van der Waals surface area contributed by atoms with Gasteiger partial charge in [-0.3, -0.25) is 4.68 Å². The summed E-state index contributed by atoms with van der Waals surface area (Å²) in [4.78, 5) is 11.4. The molecular formula is C33H33ClN2O4. The van der Waals surface area contributed by atoms with Crippen molar-refractivity contribution in [2.75, 3.05) is 7.11 Å². The molecule has 0 atom stereocenters. The molecule has 3 aromatic carbocycles. The Labute approximate surface area is 239 Å². The van der Waals surface area contributed by atoms with E-state index in [4.69, 9.17) is 26.2 Å². The summed E-state index contributed by atoms with van der Waals surface area (Å²) in [5.74, 6) is 0.579. The van der Waals surface area contributed by atoms with Crippen molar-refractivity contribution in [2.45, 2.75) is 51.7 Å². The number of carboxylic acid groups (broad SMARTS) is 1. The predicted octanol–water partition coefficient (Wildman–Crippen LogP) is 8.45. The summed E-state index contributed by atoms with van der Waals surface area (Å²) in [7, 11) is 1.66. The molecule has 1 aliphatic carbocycles. The number of hydrogen-bond acceptors (Lipinski definition) is 4. The van der Waals surface area contributed by atoms with Crippen LogP contribution in [-0.4, -0.2) is 28.0 Å². The molecule has 0 unspecified atom stereocenters. The fraction of sp³-hybridized carbons (Fsp3) is 0.273. The van der Waals surface area contributed by atoms with E-state index in [1.54, 1.807) is 20.1 Å². The highest BCUT2D eigenvalue weighted by molar-refractivity contribution is 6.30. The van der Waals surface area contributed by atoms with E-state index in [1.807, 2.05) is 72.8 Å². The Morgan fingerprint density at radius 2 is 1.65 bits per heavy atom. The Bertz CT molecular complexity index is 1500.